The smallest absolute Gasteiger partial charge is 0.241 e. The summed E-state index contributed by atoms with van der Waals surface area (Å²) in [5, 5.41) is 4.05. The van der Waals surface area contributed by atoms with E-state index in [0.717, 1.165) is 18.7 Å². The van der Waals surface area contributed by atoms with E-state index in [9.17, 15) is 0 Å². The van der Waals surface area contributed by atoms with Crippen molar-refractivity contribution in [3.05, 3.63) is 35.7 Å². The summed E-state index contributed by atoms with van der Waals surface area (Å²) in [6.07, 6.45) is 0.0956. The third-order valence-corrected chi connectivity index (χ3v) is 3.62. The minimum atomic E-state index is 0.0956. The Morgan fingerprint density at radius 1 is 1.33 bits per heavy atom. The van der Waals surface area contributed by atoms with Gasteiger partial charge in [0.1, 0.15) is 0 Å². The minimum absolute atomic E-state index is 0.0956. The number of hydrogen-bond donors (Lipinski definition) is 1. The Bertz CT molecular complexity index is 582. The van der Waals surface area contributed by atoms with Gasteiger partial charge in [-0.05, 0) is 6.92 Å². The number of morpholine rings is 1. The summed E-state index contributed by atoms with van der Waals surface area (Å²) in [5.74, 6) is 1.26. The molecule has 1 fully saturated rings. The van der Waals surface area contributed by atoms with Gasteiger partial charge in [-0.25, -0.2) is 0 Å². The van der Waals surface area contributed by atoms with Crippen molar-refractivity contribution in [2.24, 2.45) is 5.73 Å². The van der Waals surface area contributed by atoms with E-state index in [4.69, 9.17) is 15.0 Å². The number of hydrogen-bond acceptors (Lipinski definition) is 6. The summed E-state index contributed by atoms with van der Waals surface area (Å²) in [4.78, 5) is 6.69. The summed E-state index contributed by atoms with van der Waals surface area (Å²) in [6.45, 7) is 5.59. The molecule has 1 atom stereocenters. The zero-order valence-corrected chi connectivity index (χ0v) is 12.2. The van der Waals surface area contributed by atoms with Crippen molar-refractivity contribution < 1.29 is 9.26 Å². The SMILES string of the molecule is Cc1ccc(-c2noc(CN3CCOC(CN)C3)n2)cc1. The van der Waals surface area contributed by atoms with Gasteiger partial charge in [-0.15, -0.1) is 0 Å². The fourth-order valence-corrected chi connectivity index (χ4v) is 2.40. The fourth-order valence-electron chi connectivity index (χ4n) is 2.40. The molecule has 6 nitrogen and oxygen atoms in total. The number of nitrogens with zero attached hydrogens (tertiary/aromatic N) is 3. The molecule has 2 N–H and O–H groups in total. The molecule has 1 aromatic heterocycles. The highest BCUT2D eigenvalue weighted by Gasteiger charge is 2.21. The van der Waals surface area contributed by atoms with Crippen LogP contribution in [0.25, 0.3) is 11.4 Å². The number of rotatable bonds is 4. The van der Waals surface area contributed by atoms with Gasteiger partial charge in [0.15, 0.2) is 0 Å². The van der Waals surface area contributed by atoms with Gasteiger partial charge >= 0.3 is 0 Å². The molecule has 2 aromatic rings. The van der Waals surface area contributed by atoms with Gasteiger partial charge in [0, 0.05) is 25.2 Å². The minimum Gasteiger partial charge on any atom is -0.374 e. The van der Waals surface area contributed by atoms with Gasteiger partial charge in [0.25, 0.3) is 0 Å². The monoisotopic (exact) mass is 288 g/mol. The Kier molecular flexibility index (Phi) is 4.28. The lowest BCUT2D eigenvalue weighted by Gasteiger charge is -2.31. The second-order valence-electron chi connectivity index (χ2n) is 5.34. The van der Waals surface area contributed by atoms with E-state index in [1.807, 2.05) is 24.3 Å². The Morgan fingerprint density at radius 3 is 2.90 bits per heavy atom. The van der Waals surface area contributed by atoms with E-state index in [2.05, 4.69) is 22.0 Å². The van der Waals surface area contributed by atoms with E-state index < -0.39 is 0 Å². The molecule has 0 amide bonds. The van der Waals surface area contributed by atoms with E-state index in [1.165, 1.54) is 5.56 Å². The number of nitrogens with two attached hydrogens (primary N) is 1. The van der Waals surface area contributed by atoms with Crippen molar-refractivity contribution in [3.63, 3.8) is 0 Å². The van der Waals surface area contributed by atoms with Crippen LogP contribution in [0.1, 0.15) is 11.5 Å². The van der Waals surface area contributed by atoms with Crippen LogP contribution >= 0.6 is 0 Å². The summed E-state index contributed by atoms with van der Waals surface area (Å²) < 4.78 is 10.9. The maximum Gasteiger partial charge on any atom is 0.241 e. The Hall–Kier alpha value is -1.76. The van der Waals surface area contributed by atoms with E-state index in [-0.39, 0.29) is 6.10 Å². The lowest BCUT2D eigenvalue weighted by atomic mass is 10.1. The molecule has 0 aliphatic carbocycles. The Labute approximate surface area is 123 Å². The largest absolute Gasteiger partial charge is 0.374 e. The topological polar surface area (TPSA) is 77.4 Å². The Morgan fingerprint density at radius 2 is 2.14 bits per heavy atom. The van der Waals surface area contributed by atoms with E-state index >= 15 is 0 Å². The van der Waals surface area contributed by atoms with E-state index in [1.54, 1.807) is 0 Å². The highest BCUT2D eigenvalue weighted by molar-refractivity contribution is 5.54. The summed E-state index contributed by atoms with van der Waals surface area (Å²) >= 11 is 0. The van der Waals surface area contributed by atoms with Crippen LogP contribution in [0.2, 0.25) is 0 Å². The molecule has 0 spiro atoms. The lowest BCUT2D eigenvalue weighted by Crippen LogP contribution is -2.45. The van der Waals surface area contributed by atoms with Gasteiger partial charge in [-0.1, -0.05) is 35.0 Å². The molecule has 0 bridgehead atoms. The predicted octanol–water partition coefficient (Wildman–Crippen LogP) is 1.20. The first-order valence-electron chi connectivity index (χ1n) is 7.18. The fraction of sp³-hybridized carbons (Fsp3) is 0.467. The summed E-state index contributed by atoms with van der Waals surface area (Å²) in [7, 11) is 0. The van der Waals surface area contributed by atoms with Crippen molar-refractivity contribution in [2.45, 2.75) is 19.6 Å². The summed E-state index contributed by atoms with van der Waals surface area (Å²) in [5.41, 5.74) is 7.83. The van der Waals surface area contributed by atoms with Crippen LogP contribution < -0.4 is 5.73 Å². The van der Waals surface area contributed by atoms with Gasteiger partial charge in [0.2, 0.25) is 11.7 Å². The molecule has 1 aliphatic rings. The van der Waals surface area contributed by atoms with Crippen molar-refractivity contribution in [1.29, 1.82) is 0 Å². The molecule has 3 rings (SSSR count). The maximum atomic E-state index is 5.65. The van der Waals surface area contributed by atoms with Crippen LogP contribution in [0.5, 0.6) is 0 Å². The average Bonchev–Trinajstić information content (AvgIpc) is 2.96. The van der Waals surface area contributed by atoms with Crippen LogP contribution in [0.4, 0.5) is 0 Å². The predicted molar refractivity (Wildman–Crippen MR) is 78.5 cm³/mol. The highest BCUT2D eigenvalue weighted by atomic mass is 16.5. The second-order valence-corrected chi connectivity index (χ2v) is 5.34. The van der Waals surface area contributed by atoms with Gasteiger partial charge in [-0.3, -0.25) is 4.90 Å². The normalized spacial score (nSPS) is 19.8. The van der Waals surface area contributed by atoms with E-state index in [0.29, 0.717) is 31.4 Å². The van der Waals surface area contributed by atoms with Crippen LogP contribution in [0, 0.1) is 6.92 Å². The molecule has 1 aromatic carbocycles. The number of ether oxygens (including phenoxy) is 1. The van der Waals surface area contributed by atoms with Crippen LogP contribution in [-0.4, -0.2) is 47.4 Å². The van der Waals surface area contributed by atoms with Crippen LogP contribution in [-0.2, 0) is 11.3 Å². The number of aromatic nitrogens is 2. The molecule has 1 aliphatic heterocycles. The first kappa shape index (κ1) is 14.2. The standard InChI is InChI=1S/C15H20N4O2/c1-11-2-4-12(5-3-11)15-17-14(21-18-15)10-19-6-7-20-13(8-16)9-19/h2-5,13H,6-10,16H2,1H3. The zero-order chi connectivity index (χ0) is 14.7. The molecule has 21 heavy (non-hydrogen) atoms. The van der Waals surface area contributed by atoms with Crippen molar-refractivity contribution >= 4 is 0 Å². The molecule has 1 unspecified atom stereocenters. The molecule has 0 saturated carbocycles. The average molecular weight is 288 g/mol. The molecule has 6 heteroatoms. The first-order valence-corrected chi connectivity index (χ1v) is 7.18. The maximum absolute atomic E-state index is 5.65. The summed E-state index contributed by atoms with van der Waals surface area (Å²) in [6, 6.07) is 8.09. The number of aryl methyl sites for hydroxylation is 1. The van der Waals surface area contributed by atoms with Crippen molar-refractivity contribution in [2.75, 3.05) is 26.2 Å². The molecule has 112 valence electrons. The first-order chi connectivity index (χ1) is 10.2. The van der Waals surface area contributed by atoms with Gasteiger partial charge < -0.3 is 15.0 Å². The Balaban J connectivity index is 1.66. The van der Waals surface area contributed by atoms with Crippen molar-refractivity contribution in [1.82, 2.24) is 15.0 Å². The second kappa shape index (κ2) is 6.34. The third-order valence-electron chi connectivity index (χ3n) is 3.62. The highest BCUT2D eigenvalue weighted by Crippen LogP contribution is 2.17. The van der Waals surface area contributed by atoms with Crippen molar-refractivity contribution in [3.8, 4) is 11.4 Å². The molecular weight excluding hydrogens is 268 g/mol. The molecule has 2 heterocycles. The van der Waals surface area contributed by atoms with Gasteiger partial charge in [-0.2, -0.15) is 4.98 Å². The number of benzene rings is 1. The zero-order valence-electron chi connectivity index (χ0n) is 12.2. The third kappa shape index (κ3) is 3.47. The molecular formula is C15H20N4O2. The lowest BCUT2D eigenvalue weighted by molar-refractivity contribution is -0.0288. The van der Waals surface area contributed by atoms with Crippen LogP contribution in [0.15, 0.2) is 28.8 Å². The molecule has 0 radical (unpaired) electrons. The quantitative estimate of drug-likeness (QED) is 0.911. The van der Waals surface area contributed by atoms with Crippen LogP contribution in [0.3, 0.4) is 0 Å². The van der Waals surface area contributed by atoms with Gasteiger partial charge in [0.05, 0.1) is 19.3 Å². The molecule has 1 saturated heterocycles.